The summed E-state index contributed by atoms with van der Waals surface area (Å²) >= 11 is 0. The number of anilines is 1. The summed E-state index contributed by atoms with van der Waals surface area (Å²) in [6.45, 7) is 3.22. The maximum Gasteiger partial charge on any atom is 0.251 e. The lowest BCUT2D eigenvalue weighted by atomic mass is 10.2. The maximum atomic E-state index is 12.8. The van der Waals surface area contributed by atoms with Gasteiger partial charge in [-0.05, 0) is 31.2 Å². The Hall–Kier alpha value is -3.30. The van der Waals surface area contributed by atoms with E-state index in [-0.39, 0.29) is 23.5 Å². The number of aromatic nitrogens is 2. The molecule has 3 aromatic rings. The summed E-state index contributed by atoms with van der Waals surface area (Å²) in [6.07, 6.45) is 0. The third-order valence-electron chi connectivity index (χ3n) is 4.34. The van der Waals surface area contributed by atoms with Crippen LogP contribution >= 0.6 is 0 Å². The predicted molar refractivity (Wildman–Crippen MR) is 115 cm³/mol. The van der Waals surface area contributed by atoms with Crippen molar-refractivity contribution < 1.29 is 13.2 Å². The van der Waals surface area contributed by atoms with Gasteiger partial charge in [0.25, 0.3) is 5.56 Å². The van der Waals surface area contributed by atoms with Crippen molar-refractivity contribution in [3.8, 4) is 11.4 Å². The molecule has 2 N–H and O–H groups in total. The monoisotopic (exact) mass is 426 g/mol. The molecule has 9 heteroatoms. The van der Waals surface area contributed by atoms with E-state index in [1.54, 1.807) is 56.3 Å². The molecule has 0 aliphatic carbocycles. The fraction of sp³-hybridized carbons (Fsp3) is 0.190. The van der Waals surface area contributed by atoms with E-state index in [4.69, 9.17) is 0 Å². The van der Waals surface area contributed by atoms with Crippen LogP contribution in [0.15, 0.2) is 70.4 Å². The van der Waals surface area contributed by atoms with Crippen molar-refractivity contribution >= 4 is 21.6 Å². The number of aryl methyl sites for hydroxylation is 1. The molecule has 30 heavy (non-hydrogen) atoms. The summed E-state index contributed by atoms with van der Waals surface area (Å²) in [7, 11) is -3.78. The van der Waals surface area contributed by atoms with Crippen molar-refractivity contribution in [2.45, 2.75) is 18.7 Å². The van der Waals surface area contributed by atoms with Crippen LogP contribution in [0.1, 0.15) is 12.6 Å². The number of carbonyl (C=O) groups is 1. The molecule has 8 nitrogen and oxygen atoms in total. The van der Waals surface area contributed by atoms with Crippen LogP contribution in [-0.2, 0) is 14.8 Å². The Balaban J connectivity index is 1.77. The van der Waals surface area contributed by atoms with Crippen LogP contribution in [-0.4, -0.2) is 41.7 Å². The minimum atomic E-state index is -3.78. The first kappa shape index (κ1) is 21.4. The van der Waals surface area contributed by atoms with Crippen molar-refractivity contribution in [1.82, 2.24) is 14.3 Å². The van der Waals surface area contributed by atoms with Crippen LogP contribution in [0.3, 0.4) is 0 Å². The zero-order chi connectivity index (χ0) is 21.7. The summed E-state index contributed by atoms with van der Waals surface area (Å²) in [5, 5.41) is 2.70. The predicted octanol–water partition coefficient (Wildman–Crippen LogP) is 2.39. The third kappa shape index (κ3) is 5.00. The highest BCUT2D eigenvalue weighted by Crippen LogP contribution is 2.19. The second kappa shape index (κ2) is 9.02. The number of H-pyrrole nitrogens is 1. The first-order chi connectivity index (χ1) is 14.3. The highest BCUT2D eigenvalue weighted by atomic mass is 32.2. The number of carbonyl (C=O) groups excluding carboxylic acids is 1. The number of aromatic amines is 1. The second-order valence-corrected chi connectivity index (χ2v) is 8.55. The van der Waals surface area contributed by atoms with Gasteiger partial charge in [0.15, 0.2) is 0 Å². The fourth-order valence-electron chi connectivity index (χ4n) is 2.93. The Labute approximate surface area is 174 Å². The zero-order valence-electron chi connectivity index (χ0n) is 16.6. The zero-order valence-corrected chi connectivity index (χ0v) is 17.4. The van der Waals surface area contributed by atoms with E-state index < -0.39 is 15.9 Å². The van der Waals surface area contributed by atoms with Gasteiger partial charge < -0.3 is 10.3 Å². The van der Waals surface area contributed by atoms with Gasteiger partial charge in [-0.1, -0.05) is 37.3 Å². The molecular formula is C21H22N4O4S. The lowest BCUT2D eigenvalue weighted by molar-refractivity contribution is -0.116. The molecule has 0 saturated heterocycles. The molecule has 3 rings (SSSR count). The van der Waals surface area contributed by atoms with Gasteiger partial charge >= 0.3 is 0 Å². The van der Waals surface area contributed by atoms with Crippen molar-refractivity contribution in [1.29, 1.82) is 0 Å². The smallest absolute Gasteiger partial charge is 0.251 e. The Morgan fingerprint density at radius 2 is 1.83 bits per heavy atom. The molecule has 0 bridgehead atoms. The van der Waals surface area contributed by atoms with Crippen LogP contribution in [0.4, 0.5) is 5.69 Å². The van der Waals surface area contributed by atoms with Gasteiger partial charge in [0, 0.05) is 29.6 Å². The summed E-state index contributed by atoms with van der Waals surface area (Å²) in [4.78, 5) is 31.3. The van der Waals surface area contributed by atoms with E-state index in [1.165, 1.54) is 18.2 Å². The van der Waals surface area contributed by atoms with E-state index in [1.807, 2.05) is 0 Å². The average Bonchev–Trinajstić information content (AvgIpc) is 2.72. The molecule has 0 radical (unpaired) electrons. The van der Waals surface area contributed by atoms with Crippen molar-refractivity contribution in [2.75, 3.05) is 18.4 Å². The Kier molecular flexibility index (Phi) is 6.43. The topological polar surface area (TPSA) is 112 Å². The minimum absolute atomic E-state index is 0.135. The Morgan fingerprint density at radius 1 is 1.10 bits per heavy atom. The van der Waals surface area contributed by atoms with Crippen LogP contribution in [0.2, 0.25) is 0 Å². The molecule has 1 amide bonds. The third-order valence-corrected chi connectivity index (χ3v) is 6.28. The largest absolute Gasteiger partial charge is 0.325 e. The SMILES string of the molecule is CCN(CC(=O)Nc1cccc(-c2nc(C)cc(=O)[nH]2)c1)S(=O)(=O)c1ccccc1. The standard InChI is InChI=1S/C21H22N4O4S/c1-3-25(30(28,29)18-10-5-4-6-11-18)14-20(27)23-17-9-7-8-16(13-17)21-22-15(2)12-19(26)24-21/h4-13H,3,14H2,1-2H3,(H,23,27)(H,22,24,26). The highest BCUT2D eigenvalue weighted by molar-refractivity contribution is 7.89. The van der Waals surface area contributed by atoms with Crippen LogP contribution in [0.25, 0.3) is 11.4 Å². The number of amides is 1. The van der Waals surface area contributed by atoms with Crippen molar-refractivity contribution in [2.24, 2.45) is 0 Å². The number of sulfonamides is 1. The van der Waals surface area contributed by atoms with E-state index >= 15 is 0 Å². The molecule has 2 aromatic carbocycles. The lowest BCUT2D eigenvalue weighted by Crippen LogP contribution is -2.37. The fourth-order valence-corrected chi connectivity index (χ4v) is 4.36. The number of nitrogens with zero attached hydrogens (tertiary/aromatic N) is 2. The number of nitrogens with one attached hydrogen (secondary N) is 2. The lowest BCUT2D eigenvalue weighted by Gasteiger charge is -2.20. The van der Waals surface area contributed by atoms with Gasteiger partial charge in [0.1, 0.15) is 5.82 Å². The van der Waals surface area contributed by atoms with Crippen molar-refractivity contribution in [3.05, 3.63) is 76.7 Å². The molecule has 0 unspecified atom stereocenters. The summed E-state index contributed by atoms with van der Waals surface area (Å²) in [5.41, 5.74) is 1.40. The minimum Gasteiger partial charge on any atom is -0.325 e. The normalized spacial score (nSPS) is 11.4. The van der Waals surface area contributed by atoms with E-state index in [0.29, 0.717) is 22.8 Å². The van der Waals surface area contributed by atoms with E-state index in [9.17, 15) is 18.0 Å². The van der Waals surface area contributed by atoms with E-state index in [2.05, 4.69) is 15.3 Å². The Bertz CT molecular complexity index is 1210. The first-order valence-corrected chi connectivity index (χ1v) is 10.8. The second-order valence-electron chi connectivity index (χ2n) is 6.61. The van der Waals surface area contributed by atoms with Crippen LogP contribution in [0.5, 0.6) is 0 Å². The van der Waals surface area contributed by atoms with Crippen molar-refractivity contribution in [3.63, 3.8) is 0 Å². The quantitative estimate of drug-likeness (QED) is 0.602. The van der Waals surface area contributed by atoms with Gasteiger partial charge in [-0.3, -0.25) is 9.59 Å². The highest BCUT2D eigenvalue weighted by Gasteiger charge is 2.25. The molecule has 1 heterocycles. The van der Waals surface area contributed by atoms with E-state index in [0.717, 1.165) is 4.31 Å². The Morgan fingerprint density at radius 3 is 2.50 bits per heavy atom. The number of hydrogen-bond donors (Lipinski definition) is 2. The van der Waals surface area contributed by atoms with Gasteiger partial charge in [-0.15, -0.1) is 0 Å². The average molecular weight is 426 g/mol. The molecule has 0 atom stereocenters. The maximum absolute atomic E-state index is 12.8. The number of benzene rings is 2. The first-order valence-electron chi connectivity index (χ1n) is 9.33. The number of hydrogen-bond acceptors (Lipinski definition) is 5. The van der Waals surface area contributed by atoms with Gasteiger partial charge in [-0.25, -0.2) is 13.4 Å². The number of likely N-dealkylation sites (N-methyl/N-ethyl adjacent to an activating group) is 1. The molecule has 0 aliphatic heterocycles. The summed E-state index contributed by atoms with van der Waals surface area (Å²) < 4.78 is 26.6. The van der Waals surface area contributed by atoms with Crippen LogP contribution in [0, 0.1) is 6.92 Å². The van der Waals surface area contributed by atoms with Gasteiger partial charge in [0.05, 0.1) is 11.4 Å². The molecule has 156 valence electrons. The summed E-state index contributed by atoms with van der Waals surface area (Å²) in [5.74, 6) is -0.0860. The van der Waals surface area contributed by atoms with Gasteiger partial charge in [-0.2, -0.15) is 4.31 Å². The molecule has 0 fully saturated rings. The summed E-state index contributed by atoms with van der Waals surface area (Å²) in [6, 6.07) is 16.2. The molecule has 0 saturated carbocycles. The molecular weight excluding hydrogens is 404 g/mol. The molecule has 0 aliphatic rings. The molecule has 1 aromatic heterocycles. The molecule has 0 spiro atoms. The van der Waals surface area contributed by atoms with Crippen LogP contribution < -0.4 is 10.9 Å². The number of rotatable bonds is 7. The van der Waals surface area contributed by atoms with Gasteiger partial charge in [0.2, 0.25) is 15.9 Å².